The van der Waals surface area contributed by atoms with Crippen LogP contribution in [0.25, 0.3) is 0 Å². The molecule has 11 heteroatoms. The number of unbranched alkanes of at least 4 members (excludes halogenated alkanes) is 1. The Balaban J connectivity index is 0.00000182. The van der Waals surface area contributed by atoms with Gasteiger partial charge < -0.3 is 35.2 Å². The summed E-state index contributed by atoms with van der Waals surface area (Å²) < 4.78 is 14.9. The van der Waals surface area contributed by atoms with E-state index in [0.717, 1.165) is 84.3 Å². The minimum atomic E-state index is -0.369. The number of cyclic esters (lactones) is 1. The average molecular weight is 742 g/mol. The van der Waals surface area contributed by atoms with Gasteiger partial charge in [-0.3, -0.25) is 19.0 Å². The topological polar surface area (TPSA) is 129 Å². The number of carbonyl (C=O) groups is 4. The Kier molecular flexibility index (Phi) is 25.6. The fraction of sp³-hybridized carbons (Fsp3) is 0.595. The molecular formula is C42H68FN5O5. The largest absolute Gasteiger partial charge is 0.461 e. The van der Waals surface area contributed by atoms with Crippen LogP contribution < -0.4 is 16.0 Å². The number of hydrogen-bond acceptors (Lipinski definition) is 9. The Morgan fingerprint density at radius 1 is 1.04 bits per heavy atom. The number of ether oxygens (including phenoxy) is 1. The fourth-order valence-corrected chi connectivity index (χ4v) is 6.76. The van der Waals surface area contributed by atoms with Crippen LogP contribution in [0.4, 0.5) is 4.39 Å². The van der Waals surface area contributed by atoms with Crippen molar-refractivity contribution in [3.05, 3.63) is 69.3 Å². The third-order valence-corrected chi connectivity index (χ3v) is 9.60. The zero-order valence-electron chi connectivity index (χ0n) is 34.5. The normalized spacial score (nSPS) is 25.3. The SMILES string of the molecule is CC.CCCC=O.CCNC.CC[C@H]1C(=O)OCC(C)=C1/C=C1/C2=N/C(/C=C(/C=C\CC=O)NC)=C(/C)C3=C(C)C(C2CN1C=O)[C@@H](NC)CC3.CF. The molecule has 1 amide bonds. The lowest BCUT2D eigenvalue weighted by atomic mass is 9.70. The summed E-state index contributed by atoms with van der Waals surface area (Å²) in [5.41, 5.74) is 8.97. The average Bonchev–Trinajstić information content (AvgIpc) is 3.52. The van der Waals surface area contributed by atoms with Crippen LogP contribution in [0.1, 0.15) is 93.9 Å². The summed E-state index contributed by atoms with van der Waals surface area (Å²) in [6.07, 6.45) is 15.0. The number of aldehydes is 2. The Morgan fingerprint density at radius 3 is 2.19 bits per heavy atom. The molecule has 2 unspecified atom stereocenters. The number of esters is 1. The number of carbonyl (C=O) groups excluding carboxylic acids is 4. The van der Waals surface area contributed by atoms with E-state index in [1.54, 1.807) is 4.90 Å². The van der Waals surface area contributed by atoms with Crippen LogP contribution in [-0.4, -0.2) is 89.6 Å². The van der Waals surface area contributed by atoms with Gasteiger partial charge in [0.05, 0.1) is 30.2 Å². The molecular weight excluding hydrogens is 673 g/mol. The maximum Gasteiger partial charge on any atom is 0.313 e. The molecule has 3 N–H and O–H groups in total. The molecule has 0 aromatic carbocycles. The first-order valence-corrected chi connectivity index (χ1v) is 19.0. The summed E-state index contributed by atoms with van der Waals surface area (Å²) in [4.78, 5) is 52.5. The number of likely N-dealkylation sites (N-methyl/N-ethyl adjacent to an activating group) is 1. The maximum atomic E-state index is 12.6. The number of nitrogens with zero attached hydrogens (tertiary/aromatic N) is 2. The Hall–Kier alpha value is -3.96. The van der Waals surface area contributed by atoms with Crippen LogP contribution in [0.15, 0.2) is 74.3 Å². The van der Waals surface area contributed by atoms with Crippen molar-refractivity contribution in [2.75, 3.05) is 48.0 Å². The number of hydrogen-bond donors (Lipinski definition) is 3. The van der Waals surface area contributed by atoms with Crippen molar-refractivity contribution in [2.45, 2.75) is 100.0 Å². The zero-order chi connectivity index (χ0) is 40.5. The Bertz CT molecular complexity index is 1410. The number of halogens is 1. The molecule has 4 aliphatic rings. The van der Waals surface area contributed by atoms with Crippen molar-refractivity contribution in [1.29, 1.82) is 0 Å². The molecule has 1 saturated heterocycles. The number of rotatable bonds is 12. The van der Waals surface area contributed by atoms with E-state index in [-0.39, 0.29) is 36.4 Å². The molecule has 298 valence electrons. The summed E-state index contributed by atoms with van der Waals surface area (Å²) in [5, 5.41) is 9.69. The first-order chi connectivity index (χ1) is 25.6. The number of allylic oxidation sites excluding steroid dienone is 7. The molecule has 10 nitrogen and oxygen atoms in total. The molecule has 1 aliphatic carbocycles. The molecule has 2 bridgehead atoms. The molecule has 0 spiro atoms. The first-order valence-electron chi connectivity index (χ1n) is 19.0. The van der Waals surface area contributed by atoms with E-state index in [9.17, 15) is 23.6 Å². The third kappa shape index (κ3) is 13.8. The van der Waals surface area contributed by atoms with Gasteiger partial charge in [0.2, 0.25) is 6.41 Å². The van der Waals surface area contributed by atoms with Crippen LogP contribution >= 0.6 is 0 Å². The quantitative estimate of drug-likeness (QED) is 0.111. The van der Waals surface area contributed by atoms with Gasteiger partial charge >= 0.3 is 5.97 Å². The molecule has 1 fully saturated rings. The fourth-order valence-electron chi connectivity index (χ4n) is 6.76. The molecule has 3 aliphatic heterocycles. The number of fused-ring (bicyclic) bond motifs is 3. The highest BCUT2D eigenvalue weighted by molar-refractivity contribution is 6.07. The van der Waals surface area contributed by atoms with E-state index in [2.05, 4.69) is 36.7 Å². The van der Waals surface area contributed by atoms with E-state index in [0.29, 0.717) is 33.0 Å². The number of alkyl halides is 1. The minimum Gasteiger partial charge on any atom is -0.461 e. The second kappa shape index (κ2) is 27.6. The number of amides is 1. The first kappa shape index (κ1) is 49.0. The number of likely N-dealkylation sites (tertiary alicyclic amines) is 1. The van der Waals surface area contributed by atoms with Gasteiger partial charge in [-0.2, -0.15) is 0 Å². The monoisotopic (exact) mass is 742 g/mol. The van der Waals surface area contributed by atoms with Crippen molar-refractivity contribution in [3.63, 3.8) is 0 Å². The highest BCUT2D eigenvalue weighted by Gasteiger charge is 2.45. The van der Waals surface area contributed by atoms with Gasteiger partial charge in [0, 0.05) is 50.0 Å². The highest BCUT2D eigenvalue weighted by atomic mass is 19.1. The summed E-state index contributed by atoms with van der Waals surface area (Å²) in [6, 6.07) is 0.268. The lowest BCUT2D eigenvalue weighted by Crippen LogP contribution is -2.44. The lowest BCUT2D eigenvalue weighted by molar-refractivity contribution is -0.147. The van der Waals surface area contributed by atoms with Gasteiger partial charge in [0.1, 0.15) is 19.2 Å². The van der Waals surface area contributed by atoms with Crippen LogP contribution in [0.5, 0.6) is 0 Å². The van der Waals surface area contributed by atoms with Crippen molar-refractivity contribution < 1.29 is 28.3 Å². The molecule has 0 aromatic rings. The van der Waals surface area contributed by atoms with Gasteiger partial charge in [0.15, 0.2) is 0 Å². The summed E-state index contributed by atoms with van der Waals surface area (Å²) in [5.74, 6) is -0.406. The van der Waals surface area contributed by atoms with Crippen molar-refractivity contribution in [1.82, 2.24) is 20.9 Å². The third-order valence-electron chi connectivity index (χ3n) is 9.60. The van der Waals surface area contributed by atoms with Gasteiger partial charge in [-0.05, 0) is 108 Å². The molecule has 4 atom stereocenters. The second-order valence-corrected chi connectivity index (χ2v) is 12.6. The predicted octanol–water partition coefficient (Wildman–Crippen LogP) is 6.97. The molecule has 4 rings (SSSR count). The smallest absolute Gasteiger partial charge is 0.313 e. The van der Waals surface area contributed by atoms with Gasteiger partial charge in [-0.15, -0.1) is 0 Å². The standard InChI is InChI=1S/C32H42N4O4.C4H8O.C3H9N.C2H6.CH3F/c1-7-23-25(19(2)17-40-32(23)39)15-29-31-26(16-36(29)18-38)30-21(4)24(11-12-27(30)34-6)20(3)28(35-31)14-22(33-5)10-8-9-13-37;1-2-3-4-5;1-3-4-2;2*1-2/h8,10,13-15,18,23,26-27,30,33-34H,7,9,11-12,16-17H2,1-6H3;4H,2-3H2,1H3;4H,3H2,1-2H3;1-2H3;1H3/b10-8-,22-14-,28-20-,29-15-,35-31+;;;;/t23-,26?,27+,30?;;;;/m1..../s1. The summed E-state index contributed by atoms with van der Waals surface area (Å²) in [7, 11) is 6.29. The van der Waals surface area contributed by atoms with Crippen LogP contribution in [0, 0.1) is 17.8 Å². The maximum absolute atomic E-state index is 12.6. The number of nitrogens with one attached hydrogen (secondary N) is 3. The number of aliphatic imine (C=N–C) groups is 1. The molecule has 0 saturated carbocycles. The minimum absolute atomic E-state index is 0.000802. The molecule has 3 heterocycles. The van der Waals surface area contributed by atoms with Crippen LogP contribution in [-0.2, 0) is 23.9 Å². The summed E-state index contributed by atoms with van der Waals surface area (Å²) in [6.45, 7) is 18.2. The van der Waals surface area contributed by atoms with E-state index in [4.69, 9.17) is 9.73 Å². The Labute approximate surface area is 319 Å². The second-order valence-electron chi connectivity index (χ2n) is 12.6. The lowest BCUT2D eigenvalue weighted by Gasteiger charge is -2.39. The highest BCUT2D eigenvalue weighted by Crippen LogP contribution is 2.45. The van der Waals surface area contributed by atoms with Gasteiger partial charge in [0.25, 0.3) is 0 Å². The van der Waals surface area contributed by atoms with Gasteiger partial charge in [-0.1, -0.05) is 46.3 Å². The molecule has 53 heavy (non-hydrogen) atoms. The van der Waals surface area contributed by atoms with Crippen LogP contribution in [0.2, 0.25) is 0 Å². The van der Waals surface area contributed by atoms with Gasteiger partial charge in [-0.25, -0.2) is 0 Å². The molecule has 0 radical (unpaired) electrons. The molecule has 0 aromatic heterocycles. The zero-order valence-corrected chi connectivity index (χ0v) is 34.5. The van der Waals surface area contributed by atoms with Crippen molar-refractivity contribution in [2.24, 2.45) is 22.7 Å². The van der Waals surface area contributed by atoms with E-state index < -0.39 is 0 Å². The van der Waals surface area contributed by atoms with E-state index >= 15 is 0 Å². The predicted molar refractivity (Wildman–Crippen MR) is 216 cm³/mol. The van der Waals surface area contributed by atoms with Crippen molar-refractivity contribution in [3.8, 4) is 0 Å². The van der Waals surface area contributed by atoms with E-state index in [1.165, 1.54) is 11.1 Å². The summed E-state index contributed by atoms with van der Waals surface area (Å²) >= 11 is 0. The van der Waals surface area contributed by atoms with Crippen molar-refractivity contribution >= 4 is 30.7 Å². The van der Waals surface area contributed by atoms with E-state index in [1.807, 2.05) is 80.1 Å². The van der Waals surface area contributed by atoms with Crippen LogP contribution in [0.3, 0.4) is 0 Å². The Morgan fingerprint density at radius 2 is 1.70 bits per heavy atom.